The van der Waals surface area contributed by atoms with Crippen LogP contribution in [0.15, 0.2) is 48.1 Å². The average Bonchev–Trinajstić information content (AvgIpc) is 2.71. The fourth-order valence-corrected chi connectivity index (χ4v) is 2.79. The van der Waals surface area contributed by atoms with Crippen molar-refractivity contribution in [3.63, 3.8) is 0 Å². The third-order valence-corrected chi connectivity index (χ3v) is 4.34. The maximum absolute atomic E-state index is 12.7. The third-order valence-electron chi connectivity index (χ3n) is 4.34. The molecule has 0 aliphatic heterocycles. The lowest BCUT2D eigenvalue weighted by Gasteiger charge is -2.30. The van der Waals surface area contributed by atoms with Crippen molar-refractivity contribution >= 4 is 29.7 Å². The van der Waals surface area contributed by atoms with E-state index < -0.39 is 41.0 Å². The zero-order valence-electron chi connectivity index (χ0n) is 14.9. The van der Waals surface area contributed by atoms with Gasteiger partial charge in [0.25, 0.3) is 0 Å². The van der Waals surface area contributed by atoms with Gasteiger partial charge >= 0.3 is 23.9 Å². The highest BCUT2D eigenvalue weighted by atomic mass is 16.5. The summed E-state index contributed by atoms with van der Waals surface area (Å²) in [5.74, 6) is -7.62. The highest BCUT2D eigenvalue weighted by Crippen LogP contribution is 2.38. The molecule has 1 aliphatic carbocycles. The molecule has 9 heteroatoms. The van der Waals surface area contributed by atoms with Gasteiger partial charge in [0.2, 0.25) is 5.41 Å². The highest BCUT2D eigenvalue weighted by Gasteiger charge is 2.56. The van der Waals surface area contributed by atoms with Crippen LogP contribution in [0.3, 0.4) is 0 Å². The smallest absolute Gasteiger partial charge is 0.337 e. The van der Waals surface area contributed by atoms with Crippen LogP contribution in [-0.2, 0) is 23.9 Å². The molecule has 0 saturated heterocycles. The molecule has 1 aromatic rings. The number of benzene rings is 1. The molecule has 0 radical (unpaired) electrons. The van der Waals surface area contributed by atoms with E-state index in [9.17, 15) is 34.2 Å². The first-order chi connectivity index (χ1) is 13.2. The summed E-state index contributed by atoms with van der Waals surface area (Å²) in [6.45, 7) is 0. The van der Waals surface area contributed by atoms with Gasteiger partial charge in [-0.15, -0.1) is 0 Å². The Morgan fingerprint density at radius 1 is 0.893 bits per heavy atom. The number of carboxylic acids is 2. The van der Waals surface area contributed by atoms with Crippen LogP contribution in [0.1, 0.15) is 20.7 Å². The lowest BCUT2D eigenvalue weighted by atomic mass is 9.70. The van der Waals surface area contributed by atoms with Gasteiger partial charge in [0.1, 0.15) is 5.92 Å². The summed E-state index contributed by atoms with van der Waals surface area (Å²) in [6.07, 6.45) is 2.92. The van der Waals surface area contributed by atoms with Gasteiger partial charge in [-0.3, -0.25) is 19.2 Å². The SMILES string of the molecule is COC(=O)c1ccc(C(=O)C2=CC(C(=O)O)(C(=O)O)C(C(=O)OC)C=C2)cc1. The summed E-state index contributed by atoms with van der Waals surface area (Å²) >= 11 is 0. The fraction of sp³-hybridized carbons (Fsp3) is 0.211. The zero-order valence-corrected chi connectivity index (χ0v) is 14.9. The second-order valence-corrected chi connectivity index (χ2v) is 5.84. The van der Waals surface area contributed by atoms with Crippen molar-refractivity contribution in [1.29, 1.82) is 0 Å². The second-order valence-electron chi connectivity index (χ2n) is 5.84. The predicted molar refractivity (Wildman–Crippen MR) is 92.5 cm³/mol. The van der Waals surface area contributed by atoms with E-state index in [1.54, 1.807) is 0 Å². The Labute approximate surface area is 158 Å². The van der Waals surface area contributed by atoms with Crippen molar-refractivity contribution in [2.75, 3.05) is 14.2 Å². The Kier molecular flexibility index (Phi) is 5.78. The number of rotatable bonds is 6. The van der Waals surface area contributed by atoms with E-state index in [0.29, 0.717) is 0 Å². The highest BCUT2D eigenvalue weighted by molar-refractivity contribution is 6.14. The van der Waals surface area contributed by atoms with E-state index in [4.69, 9.17) is 0 Å². The zero-order chi connectivity index (χ0) is 21.1. The minimum absolute atomic E-state index is 0.0877. The normalized spacial score (nSPS) is 17.2. The predicted octanol–water partition coefficient (Wildman–Crippen LogP) is 1.10. The van der Waals surface area contributed by atoms with Gasteiger partial charge in [-0.2, -0.15) is 0 Å². The number of methoxy groups -OCH3 is 2. The van der Waals surface area contributed by atoms with Crippen LogP contribution in [0.5, 0.6) is 0 Å². The van der Waals surface area contributed by atoms with Crippen LogP contribution in [0.4, 0.5) is 0 Å². The molecule has 0 saturated carbocycles. The van der Waals surface area contributed by atoms with Crippen molar-refractivity contribution in [1.82, 2.24) is 0 Å². The topological polar surface area (TPSA) is 144 Å². The number of Topliss-reactive ketones (excluding diaryl/α,β-unsaturated/α-hetero) is 1. The van der Waals surface area contributed by atoms with Crippen LogP contribution in [0.25, 0.3) is 0 Å². The molecule has 0 heterocycles. The summed E-state index contributed by atoms with van der Waals surface area (Å²) in [5.41, 5.74) is -2.64. The number of ketones is 1. The third kappa shape index (κ3) is 3.41. The largest absolute Gasteiger partial charge is 0.480 e. The van der Waals surface area contributed by atoms with Gasteiger partial charge in [-0.1, -0.05) is 24.3 Å². The summed E-state index contributed by atoms with van der Waals surface area (Å²) < 4.78 is 9.05. The molecule has 1 aromatic carbocycles. The van der Waals surface area contributed by atoms with Crippen molar-refractivity contribution in [3.05, 3.63) is 59.2 Å². The maximum Gasteiger partial charge on any atom is 0.337 e. The van der Waals surface area contributed by atoms with Crippen LogP contribution >= 0.6 is 0 Å². The molecule has 1 aliphatic rings. The molecule has 0 amide bonds. The molecule has 0 aromatic heterocycles. The molecule has 0 fully saturated rings. The molecule has 1 unspecified atom stereocenters. The number of allylic oxidation sites excluding steroid dienone is 2. The van der Waals surface area contributed by atoms with E-state index >= 15 is 0 Å². The van der Waals surface area contributed by atoms with Gasteiger partial charge in [0, 0.05) is 11.1 Å². The summed E-state index contributed by atoms with van der Waals surface area (Å²) in [6, 6.07) is 5.31. The van der Waals surface area contributed by atoms with E-state index in [0.717, 1.165) is 19.3 Å². The lowest BCUT2D eigenvalue weighted by Crippen LogP contribution is -2.48. The van der Waals surface area contributed by atoms with Crippen LogP contribution < -0.4 is 0 Å². The van der Waals surface area contributed by atoms with E-state index in [2.05, 4.69) is 9.47 Å². The van der Waals surface area contributed by atoms with Crippen molar-refractivity contribution in [3.8, 4) is 0 Å². The van der Waals surface area contributed by atoms with E-state index in [-0.39, 0.29) is 16.7 Å². The first-order valence-electron chi connectivity index (χ1n) is 7.87. The van der Waals surface area contributed by atoms with Crippen molar-refractivity contribution in [2.24, 2.45) is 11.3 Å². The number of esters is 2. The summed E-state index contributed by atoms with van der Waals surface area (Å²) in [7, 11) is 2.20. The number of hydrogen-bond acceptors (Lipinski definition) is 7. The number of carbonyl (C=O) groups is 5. The average molecular weight is 388 g/mol. The molecule has 2 rings (SSSR count). The Balaban J connectivity index is 2.49. The Bertz CT molecular complexity index is 892. The van der Waals surface area contributed by atoms with Crippen LogP contribution in [-0.4, -0.2) is 54.1 Å². The van der Waals surface area contributed by atoms with Crippen LogP contribution in [0.2, 0.25) is 0 Å². The molecule has 9 nitrogen and oxygen atoms in total. The molecule has 0 bridgehead atoms. The molecule has 0 spiro atoms. The molecular weight excluding hydrogens is 372 g/mol. The molecule has 28 heavy (non-hydrogen) atoms. The lowest BCUT2D eigenvalue weighted by molar-refractivity contribution is -0.170. The molecule has 2 N–H and O–H groups in total. The maximum atomic E-state index is 12.7. The first-order valence-corrected chi connectivity index (χ1v) is 7.87. The monoisotopic (exact) mass is 388 g/mol. The fourth-order valence-electron chi connectivity index (χ4n) is 2.79. The summed E-state index contributed by atoms with van der Waals surface area (Å²) in [5, 5.41) is 19.1. The number of hydrogen-bond donors (Lipinski definition) is 2. The van der Waals surface area contributed by atoms with Gasteiger partial charge < -0.3 is 19.7 Å². The minimum atomic E-state index is -2.70. The van der Waals surface area contributed by atoms with Gasteiger partial charge in [-0.05, 0) is 18.2 Å². The van der Waals surface area contributed by atoms with Gasteiger partial charge in [0.15, 0.2) is 5.78 Å². The number of aliphatic carboxylic acids is 2. The van der Waals surface area contributed by atoms with Gasteiger partial charge in [-0.25, -0.2) is 4.79 Å². The van der Waals surface area contributed by atoms with Gasteiger partial charge in [0.05, 0.1) is 19.8 Å². The second kappa shape index (κ2) is 7.87. The van der Waals surface area contributed by atoms with E-state index in [1.165, 1.54) is 37.5 Å². The number of carbonyl (C=O) groups excluding carboxylic acids is 3. The Morgan fingerprint density at radius 3 is 1.89 bits per heavy atom. The molecule has 1 atom stereocenters. The van der Waals surface area contributed by atoms with E-state index in [1.807, 2.05) is 0 Å². The Morgan fingerprint density at radius 2 is 1.43 bits per heavy atom. The minimum Gasteiger partial charge on any atom is -0.480 e. The number of carboxylic acid groups (broad SMARTS) is 2. The molecular formula is C19H16O9. The number of ether oxygens (including phenoxy) is 2. The molecule has 146 valence electrons. The van der Waals surface area contributed by atoms with Crippen molar-refractivity contribution < 1.29 is 43.7 Å². The standard InChI is InChI=1S/C19H16O9/c1-27-15(21)11-5-3-10(4-6-11)14(20)12-7-8-13(16(22)28-2)19(9-12,17(23)24)18(25)26/h3-9,13H,1-2H3,(H,23,24)(H,25,26). The van der Waals surface area contributed by atoms with Crippen LogP contribution in [0, 0.1) is 11.3 Å². The quantitative estimate of drug-likeness (QED) is 0.416. The Hall–Kier alpha value is -3.75. The van der Waals surface area contributed by atoms with Crippen molar-refractivity contribution in [2.45, 2.75) is 0 Å². The summed E-state index contributed by atoms with van der Waals surface area (Å²) in [4.78, 5) is 59.6. The first kappa shape index (κ1) is 20.6.